The average molecular weight is 294 g/mol. The molecule has 0 spiro atoms. The zero-order valence-corrected chi connectivity index (χ0v) is 12.2. The van der Waals surface area contributed by atoms with Crippen LogP contribution in [0.3, 0.4) is 0 Å². The van der Waals surface area contributed by atoms with Gasteiger partial charge in [-0.1, -0.05) is 29.8 Å². The van der Waals surface area contributed by atoms with Crippen LogP contribution in [0.25, 0.3) is 0 Å². The Morgan fingerprint density at radius 1 is 1.25 bits per heavy atom. The molecule has 0 amide bonds. The van der Waals surface area contributed by atoms with E-state index in [4.69, 9.17) is 16.3 Å². The third-order valence-electron chi connectivity index (χ3n) is 3.23. The summed E-state index contributed by atoms with van der Waals surface area (Å²) in [5, 5.41) is 3.98. The average Bonchev–Trinajstić information content (AvgIpc) is 2.45. The SMILES string of the molecule is COc1cccc(Cl)c1CN[C@H](C)c1cccc(F)c1. The predicted molar refractivity (Wildman–Crippen MR) is 79.7 cm³/mol. The Morgan fingerprint density at radius 2 is 2.00 bits per heavy atom. The zero-order valence-electron chi connectivity index (χ0n) is 11.5. The van der Waals surface area contributed by atoms with Crippen molar-refractivity contribution >= 4 is 11.6 Å². The van der Waals surface area contributed by atoms with Crippen molar-refractivity contribution in [3.8, 4) is 5.75 Å². The van der Waals surface area contributed by atoms with Gasteiger partial charge in [0.1, 0.15) is 11.6 Å². The molecule has 2 aromatic rings. The Balaban J connectivity index is 2.09. The molecule has 1 N–H and O–H groups in total. The first-order valence-corrected chi connectivity index (χ1v) is 6.80. The second-order valence-corrected chi connectivity index (χ2v) is 4.99. The second kappa shape index (κ2) is 6.73. The maximum absolute atomic E-state index is 13.2. The number of ether oxygens (including phenoxy) is 1. The van der Waals surface area contributed by atoms with E-state index in [1.165, 1.54) is 12.1 Å². The van der Waals surface area contributed by atoms with Crippen LogP contribution in [0.1, 0.15) is 24.1 Å². The summed E-state index contributed by atoms with van der Waals surface area (Å²) in [5.74, 6) is 0.517. The maximum Gasteiger partial charge on any atom is 0.124 e. The third kappa shape index (κ3) is 3.50. The van der Waals surface area contributed by atoms with Crippen LogP contribution in [0.5, 0.6) is 5.75 Å². The molecular weight excluding hydrogens is 277 g/mol. The van der Waals surface area contributed by atoms with Crippen LogP contribution in [-0.4, -0.2) is 7.11 Å². The van der Waals surface area contributed by atoms with Gasteiger partial charge in [-0.05, 0) is 36.8 Å². The van der Waals surface area contributed by atoms with Crippen LogP contribution in [0, 0.1) is 5.82 Å². The van der Waals surface area contributed by atoms with Crippen molar-refractivity contribution in [1.29, 1.82) is 0 Å². The molecule has 0 aromatic heterocycles. The molecule has 0 aliphatic rings. The standard InChI is InChI=1S/C16H17ClFNO/c1-11(12-5-3-6-13(18)9-12)19-10-14-15(17)7-4-8-16(14)20-2/h3-9,11,19H,10H2,1-2H3/t11-/m1/s1. The van der Waals surface area contributed by atoms with E-state index in [0.717, 1.165) is 16.9 Å². The van der Waals surface area contributed by atoms with E-state index in [1.807, 2.05) is 31.2 Å². The van der Waals surface area contributed by atoms with Crippen LogP contribution >= 0.6 is 11.6 Å². The van der Waals surface area contributed by atoms with E-state index < -0.39 is 0 Å². The minimum Gasteiger partial charge on any atom is -0.496 e. The fraction of sp³-hybridized carbons (Fsp3) is 0.250. The lowest BCUT2D eigenvalue weighted by Gasteiger charge is -2.16. The third-order valence-corrected chi connectivity index (χ3v) is 3.58. The summed E-state index contributed by atoms with van der Waals surface area (Å²) in [5.41, 5.74) is 1.80. The van der Waals surface area contributed by atoms with Gasteiger partial charge >= 0.3 is 0 Å². The number of nitrogens with one attached hydrogen (secondary N) is 1. The number of benzene rings is 2. The number of methoxy groups -OCH3 is 1. The summed E-state index contributed by atoms with van der Waals surface area (Å²) in [7, 11) is 1.62. The highest BCUT2D eigenvalue weighted by Crippen LogP contribution is 2.26. The van der Waals surface area contributed by atoms with E-state index in [2.05, 4.69) is 5.32 Å². The summed E-state index contributed by atoms with van der Waals surface area (Å²) in [6.45, 7) is 2.54. The Kier molecular flexibility index (Phi) is 4.99. The van der Waals surface area contributed by atoms with Crippen molar-refractivity contribution in [2.75, 3.05) is 7.11 Å². The number of hydrogen-bond donors (Lipinski definition) is 1. The molecule has 0 bridgehead atoms. The van der Waals surface area contributed by atoms with Crippen molar-refractivity contribution in [2.45, 2.75) is 19.5 Å². The molecule has 0 aliphatic heterocycles. The highest BCUT2D eigenvalue weighted by atomic mass is 35.5. The van der Waals surface area contributed by atoms with E-state index >= 15 is 0 Å². The predicted octanol–water partition coefficient (Wildman–Crippen LogP) is 4.34. The van der Waals surface area contributed by atoms with E-state index in [9.17, 15) is 4.39 Å². The lowest BCUT2D eigenvalue weighted by Crippen LogP contribution is -2.18. The fourth-order valence-corrected chi connectivity index (χ4v) is 2.28. The highest BCUT2D eigenvalue weighted by Gasteiger charge is 2.10. The minimum absolute atomic E-state index is 0.0201. The summed E-state index contributed by atoms with van der Waals surface area (Å²) < 4.78 is 18.5. The molecule has 0 aliphatic carbocycles. The molecule has 4 heteroatoms. The molecule has 0 saturated heterocycles. The lowest BCUT2D eigenvalue weighted by molar-refractivity contribution is 0.406. The van der Waals surface area contributed by atoms with Gasteiger partial charge in [-0.3, -0.25) is 0 Å². The fourth-order valence-electron chi connectivity index (χ4n) is 2.05. The number of rotatable bonds is 5. The normalized spacial score (nSPS) is 12.2. The molecule has 0 radical (unpaired) electrons. The minimum atomic E-state index is -0.230. The lowest BCUT2D eigenvalue weighted by atomic mass is 10.1. The summed E-state index contributed by atoms with van der Waals surface area (Å²) >= 11 is 6.18. The Labute approximate surface area is 123 Å². The highest BCUT2D eigenvalue weighted by molar-refractivity contribution is 6.31. The molecule has 0 saturated carbocycles. The monoisotopic (exact) mass is 293 g/mol. The molecule has 2 nitrogen and oxygen atoms in total. The van der Waals surface area contributed by atoms with E-state index in [0.29, 0.717) is 11.6 Å². The summed E-state index contributed by atoms with van der Waals surface area (Å²) in [6.07, 6.45) is 0. The number of hydrogen-bond acceptors (Lipinski definition) is 2. The molecule has 2 aromatic carbocycles. The van der Waals surface area contributed by atoms with Gasteiger partial charge in [-0.25, -0.2) is 4.39 Å². The quantitative estimate of drug-likeness (QED) is 0.885. The Bertz CT molecular complexity index is 588. The summed E-state index contributed by atoms with van der Waals surface area (Å²) in [6, 6.07) is 12.1. The summed E-state index contributed by atoms with van der Waals surface area (Å²) in [4.78, 5) is 0. The molecule has 2 rings (SSSR count). The molecule has 0 heterocycles. The zero-order chi connectivity index (χ0) is 14.5. The van der Waals surface area contributed by atoms with Crippen molar-refractivity contribution in [1.82, 2.24) is 5.32 Å². The number of halogens is 2. The maximum atomic E-state index is 13.2. The molecular formula is C16H17ClFNO. The largest absolute Gasteiger partial charge is 0.496 e. The molecule has 1 atom stereocenters. The smallest absolute Gasteiger partial charge is 0.124 e. The van der Waals surface area contributed by atoms with Gasteiger partial charge in [0.15, 0.2) is 0 Å². The Morgan fingerprint density at radius 3 is 2.70 bits per heavy atom. The van der Waals surface area contributed by atoms with Gasteiger partial charge in [0.25, 0.3) is 0 Å². The first kappa shape index (κ1) is 14.8. The second-order valence-electron chi connectivity index (χ2n) is 4.58. The van der Waals surface area contributed by atoms with Crippen LogP contribution in [-0.2, 0) is 6.54 Å². The van der Waals surface area contributed by atoms with Gasteiger partial charge in [-0.15, -0.1) is 0 Å². The van der Waals surface area contributed by atoms with Crippen LogP contribution in [0.15, 0.2) is 42.5 Å². The van der Waals surface area contributed by atoms with Crippen molar-refractivity contribution in [2.24, 2.45) is 0 Å². The van der Waals surface area contributed by atoms with Crippen molar-refractivity contribution in [3.63, 3.8) is 0 Å². The van der Waals surface area contributed by atoms with Crippen LogP contribution < -0.4 is 10.1 Å². The van der Waals surface area contributed by atoms with E-state index in [-0.39, 0.29) is 11.9 Å². The van der Waals surface area contributed by atoms with Crippen LogP contribution in [0.2, 0.25) is 5.02 Å². The molecule has 106 valence electrons. The van der Waals surface area contributed by atoms with Gasteiger partial charge in [0.2, 0.25) is 0 Å². The topological polar surface area (TPSA) is 21.3 Å². The first-order valence-electron chi connectivity index (χ1n) is 6.42. The molecule has 20 heavy (non-hydrogen) atoms. The Hall–Kier alpha value is -1.58. The van der Waals surface area contributed by atoms with Crippen molar-refractivity contribution in [3.05, 3.63) is 64.4 Å². The van der Waals surface area contributed by atoms with Gasteiger partial charge < -0.3 is 10.1 Å². The van der Waals surface area contributed by atoms with Gasteiger partial charge in [0.05, 0.1) is 7.11 Å². The van der Waals surface area contributed by atoms with Crippen molar-refractivity contribution < 1.29 is 9.13 Å². The first-order chi connectivity index (χ1) is 9.61. The van der Waals surface area contributed by atoms with Gasteiger partial charge in [0, 0.05) is 23.2 Å². The van der Waals surface area contributed by atoms with Crippen LogP contribution in [0.4, 0.5) is 4.39 Å². The van der Waals surface area contributed by atoms with Gasteiger partial charge in [-0.2, -0.15) is 0 Å². The van der Waals surface area contributed by atoms with E-state index in [1.54, 1.807) is 13.2 Å². The molecule has 0 fully saturated rings. The molecule has 0 unspecified atom stereocenters.